The molecule has 8 heteroatoms. The highest BCUT2D eigenvalue weighted by atomic mass is 32.2. The Hall–Kier alpha value is -1.48. The van der Waals surface area contributed by atoms with Crippen LogP contribution >= 0.6 is 0 Å². The summed E-state index contributed by atoms with van der Waals surface area (Å²) >= 11 is 0. The molecule has 130 valence electrons. The van der Waals surface area contributed by atoms with E-state index in [4.69, 9.17) is 10.5 Å². The molecule has 2 unspecified atom stereocenters. The van der Waals surface area contributed by atoms with E-state index in [1.54, 1.807) is 12.1 Å². The number of nitrogens with zero attached hydrogens (tertiary/aromatic N) is 1. The molecule has 1 amide bonds. The number of benzene rings is 1. The van der Waals surface area contributed by atoms with Gasteiger partial charge in [-0.1, -0.05) is 12.1 Å². The largest absolute Gasteiger partial charge is 0.380 e. The molecule has 3 N–H and O–H groups in total. The summed E-state index contributed by atoms with van der Waals surface area (Å²) in [5, 5.41) is 2.84. The number of rotatable bonds is 8. The predicted molar refractivity (Wildman–Crippen MR) is 88.3 cm³/mol. The molecule has 0 aliphatic rings. The zero-order valence-corrected chi connectivity index (χ0v) is 14.8. The standard InChI is InChI=1S/C15H25N3O4S/c1-11(17-15(19)9-13(10-16)22-4)12-5-7-14(8-6-12)23(20,21)18(2)3/h5-8,11,13H,9-10,16H2,1-4H3,(H,17,19). The third-order valence-corrected chi connectivity index (χ3v) is 5.37. The number of carbonyl (C=O) groups excluding carboxylic acids is 1. The van der Waals surface area contributed by atoms with Crippen LogP contribution in [0.2, 0.25) is 0 Å². The van der Waals surface area contributed by atoms with Crippen molar-refractivity contribution < 1.29 is 17.9 Å². The summed E-state index contributed by atoms with van der Waals surface area (Å²) in [5.41, 5.74) is 6.31. The van der Waals surface area contributed by atoms with Crippen LogP contribution in [0, 0.1) is 0 Å². The van der Waals surface area contributed by atoms with Crippen LogP contribution in [0.15, 0.2) is 29.2 Å². The van der Waals surface area contributed by atoms with E-state index in [0.717, 1.165) is 9.87 Å². The molecule has 0 radical (unpaired) electrons. The van der Waals surface area contributed by atoms with Gasteiger partial charge in [0.15, 0.2) is 0 Å². The van der Waals surface area contributed by atoms with Crippen molar-refractivity contribution in [1.82, 2.24) is 9.62 Å². The normalized spacial score (nSPS) is 14.5. The average molecular weight is 343 g/mol. The highest BCUT2D eigenvalue weighted by molar-refractivity contribution is 7.89. The van der Waals surface area contributed by atoms with Crippen LogP contribution in [-0.2, 0) is 19.6 Å². The van der Waals surface area contributed by atoms with Gasteiger partial charge in [0.25, 0.3) is 0 Å². The smallest absolute Gasteiger partial charge is 0.242 e. The molecule has 0 saturated carbocycles. The lowest BCUT2D eigenvalue weighted by molar-refractivity contribution is -0.124. The predicted octanol–water partition coefficient (Wildman–Crippen LogP) is 0.478. The summed E-state index contributed by atoms with van der Waals surface area (Å²) in [6.07, 6.45) is -0.125. The summed E-state index contributed by atoms with van der Waals surface area (Å²) < 4.78 is 30.3. The van der Waals surface area contributed by atoms with E-state index < -0.39 is 10.0 Å². The van der Waals surface area contributed by atoms with Crippen LogP contribution in [0.25, 0.3) is 0 Å². The minimum Gasteiger partial charge on any atom is -0.380 e. The fourth-order valence-electron chi connectivity index (χ4n) is 1.99. The first kappa shape index (κ1) is 19.6. The molecule has 0 heterocycles. The Balaban J connectivity index is 2.75. The van der Waals surface area contributed by atoms with Crippen molar-refractivity contribution in [2.75, 3.05) is 27.7 Å². The fraction of sp³-hybridized carbons (Fsp3) is 0.533. The van der Waals surface area contributed by atoms with Crippen molar-refractivity contribution >= 4 is 15.9 Å². The Labute approximate surface area is 137 Å². The average Bonchev–Trinajstić information content (AvgIpc) is 2.52. The Bertz CT molecular complexity index is 610. The van der Waals surface area contributed by atoms with E-state index in [9.17, 15) is 13.2 Å². The number of carbonyl (C=O) groups is 1. The lowest BCUT2D eigenvalue weighted by Crippen LogP contribution is -2.33. The molecule has 0 aromatic heterocycles. The third kappa shape index (κ3) is 5.28. The molecule has 2 atom stereocenters. The molecule has 23 heavy (non-hydrogen) atoms. The molecule has 7 nitrogen and oxygen atoms in total. The van der Waals surface area contributed by atoms with Gasteiger partial charge in [-0.15, -0.1) is 0 Å². The van der Waals surface area contributed by atoms with Gasteiger partial charge in [-0.2, -0.15) is 0 Å². The Morgan fingerprint density at radius 3 is 2.30 bits per heavy atom. The second-order valence-corrected chi connectivity index (χ2v) is 7.60. The minimum absolute atomic E-state index is 0.167. The minimum atomic E-state index is -3.45. The number of nitrogens with one attached hydrogen (secondary N) is 1. The molecule has 0 bridgehead atoms. The number of methoxy groups -OCH3 is 1. The summed E-state index contributed by atoms with van der Waals surface area (Å²) in [6, 6.07) is 6.21. The van der Waals surface area contributed by atoms with Crippen molar-refractivity contribution in [3.63, 3.8) is 0 Å². The summed E-state index contributed by atoms with van der Waals surface area (Å²) in [7, 11) is 1.03. The van der Waals surface area contributed by atoms with Crippen LogP contribution in [0.5, 0.6) is 0 Å². The maximum atomic E-state index is 12.0. The topological polar surface area (TPSA) is 102 Å². The van der Waals surface area contributed by atoms with Gasteiger partial charge in [0, 0.05) is 27.7 Å². The van der Waals surface area contributed by atoms with Gasteiger partial charge >= 0.3 is 0 Å². The molecule has 1 rings (SSSR count). The van der Waals surface area contributed by atoms with E-state index in [2.05, 4.69) is 5.32 Å². The molecule has 0 saturated heterocycles. The maximum absolute atomic E-state index is 12.0. The van der Waals surface area contributed by atoms with Crippen LogP contribution in [0.4, 0.5) is 0 Å². The van der Waals surface area contributed by atoms with Gasteiger partial charge in [0.05, 0.1) is 23.5 Å². The SMILES string of the molecule is COC(CN)CC(=O)NC(C)c1ccc(S(=O)(=O)N(C)C)cc1. The number of sulfonamides is 1. The molecule has 0 spiro atoms. The van der Waals surface area contributed by atoms with Crippen LogP contribution in [0.1, 0.15) is 24.9 Å². The molecular formula is C15H25N3O4S. The van der Waals surface area contributed by atoms with Gasteiger partial charge in [-0.25, -0.2) is 12.7 Å². The van der Waals surface area contributed by atoms with Gasteiger partial charge in [-0.05, 0) is 24.6 Å². The zero-order valence-electron chi connectivity index (χ0n) is 13.9. The first-order chi connectivity index (χ1) is 10.7. The van der Waals surface area contributed by atoms with Crippen LogP contribution in [0.3, 0.4) is 0 Å². The van der Waals surface area contributed by atoms with Crippen molar-refractivity contribution in [2.24, 2.45) is 5.73 Å². The van der Waals surface area contributed by atoms with E-state index in [1.165, 1.54) is 33.3 Å². The van der Waals surface area contributed by atoms with Gasteiger partial charge < -0.3 is 15.8 Å². The van der Waals surface area contributed by atoms with Crippen molar-refractivity contribution in [3.05, 3.63) is 29.8 Å². The summed E-state index contributed by atoms with van der Waals surface area (Å²) in [6.45, 7) is 2.10. The monoisotopic (exact) mass is 343 g/mol. The molecule has 0 aliphatic carbocycles. The molecule has 0 aliphatic heterocycles. The lowest BCUT2D eigenvalue weighted by atomic mass is 10.1. The zero-order chi connectivity index (χ0) is 17.6. The molecule has 0 fully saturated rings. The lowest BCUT2D eigenvalue weighted by Gasteiger charge is -2.18. The van der Waals surface area contributed by atoms with Crippen molar-refractivity contribution in [2.45, 2.75) is 30.4 Å². The van der Waals surface area contributed by atoms with E-state index in [-0.39, 0.29) is 35.9 Å². The maximum Gasteiger partial charge on any atom is 0.242 e. The summed E-state index contributed by atoms with van der Waals surface area (Å²) in [5.74, 6) is -0.167. The second-order valence-electron chi connectivity index (χ2n) is 5.44. The molecule has 1 aromatic rings. The highest BCUT2D eigenvalue weighted by Crippen LogP contribution is 2.18. The number of hydrogen-bond donors (Lipinski definition) is 2. The van der Waals surface area contributed by atoms with E-state index in [0.29, 0.717) is 0 Å². The van der Waals surface area contributed by atoms with E-state index >= 15 is 0 Å². The highest BCUT2D eigenvalue weighted by Gasteiger charge is 2.18. The second kappa shape index (κ2) is 8.39. The van der Waals surface area contributed by atoms with Gasteiger partial charge in [-0.3, -0.25) is 4.79 Å². The van der Waals surface area contributed by atoms with Crippen molar-refractivity contribution in [3.8, 4) is 0 Å². The van der Waals surface area contributed by atoms with Crippen molar-refractivity contribution in [1.29, 1.82) is 0 Å². The van der Waals surface area contributed by atoms with Gasteiger partial charge in [0.2, 0.25) is 15.9 Å². The Kier molecular flexibility index (Phi) is 7.14. The first-order valence-corrected chi connectivity index (χ1v) is 8.71. The quantitative estimate of drug-likeness (QED) is 0.715. The Morgan fingerprint density at radius 2 is 1.87 bits per heavy atom. The first-order valence-electron chi connectivity index (χ1n) is 7.27. The van der Waals surface area contributed by atoms with Crippen LogP contribution in [-0.4, -0.2) is 52.5 Å². The summed E-state index contributed by atoms with van der Waals surface area (Å²) in [4.78, 5) is 12.1. The van der Waals surface area contributed by atoms with Crippen LogP contribution < -0.4 is 11.1 Å². The number of hydrogen-bond acceptors (Lipinski definition) is 5. The fourth-order valence-corrected chi connectivity index (χ4v) is 2.89. The van der Waals surface area contributed by atoms with E-state index in [1.807, 2.05) is 6.92 Å². The number of amides is 1. The van der Waals surface area contributed by atoms with Gasteiger partial charge in [0.1, 0.15) is 0 Å². The molecular weight excluding hydrogens is 318 g/mol. The third-order valence-electron chi connectivity index (χ3n) is 3.55. The molecule has 1 aromatic carbocycles. The Morgan fingerprint density at radius 1 is 1.30 bits per heavy atom. The number of ether oxygens (including phenoxy) is 1. The number of nitrogens with two attached hydrogens (primary N) is 1.